The van der Waals surface area contributed by atoms with Crippen molar-refractivity contribution >= 4 is 16.9 Å². The van der Waals surface area contributed by atoms with E-state index in [-0.39, 0.29) is 35.5 Å². The van der Waals surface area contributed by atoms with Crippen molar-refractivity contribution in [2.75, 3.05) is 20.8 Å². The molecule has 1 fully saturated rings. The Bertz CT molecular complexity index is 1260. The first-order valence-electron chi connectivity index (χ1n) is 11.6. The van der Waals surface area contributed by atoms with Gasteiger partial charge < -0.3 is 23.9 Å². The van der Waals surface area contributed by atoms with Crippen LogP contribution in [0.3, 0.4) is 0 Å². The van der Waals surface area contributed by atoms with Crippen molar-refractivity contribution in [1.29, 1.82) is 0 Å². The summed E-state index contributed by atoms with van der Waals surface area (Å²) in [5.41, 5.74) is 2.54. The van der Waals surface area contributed by atoms with E-state index in [9.17, 15) is 9.59 Å². The zero-order chi connectivity index (χ0) is 24.2. The van der Waals surface area contributed by atoms with Crippen LogP contribution in [0.15, 0.2) is 39.5 Å². The second-order valence-corrected chi connectivity index (χ2v) is 8.81. The molecular weight excluding hydrogens is 434 g/mol. The number of methoxy groups -OCH3 is 2. The third kappa shape index (κ3) is 4.88. The summed E-state index contributed by atoms with van der Waals surface area (Å²) < 4.78 is 22.9. The molecule has 34 heavy (non-hydrogen) atoms. The number of carbonyl (C=O) groups is 1. The number of amides is 1. The fourth-order valence-electron chi connectivity index (χ4n) is 4.58. The van der Waals surface area contributed by atoms with E-state index in [2.05, 4.69) is 5.32 Å². The van der Waals surface area contributed by atoms with Crippen LogP contribution in [0.1, 0.15) is 43.2 Å². The Balaban J connectivity index is 1.75. The highest BCUT2D eigenvalue weighted by Crippen LogP contribution is 2.37. The van der Waals surface area contributed by atoms with Crippen LogP contribution in [0.2, 0.25) is 0 Å². The first-order chi connectivity index (χ1) is 16.4. The predicted octanol–water partition coefficient (Wildman–Crippen LogP) is 4.92. The molecule has 2 aromatic carbocycles. The number of ether oxygens (including phenoxy) is 3. The van der Waals surface area contributed by atoms with Gasteiger partial charge in [0.2, 0.25) is 11.2 Å². The number of rotatable bonds is 7. The van der Waals surface area contributed by atoms with Crippen LogP contribution in [0.5, 0.6) is 17.2 Å². The van der Waals surface area contributed by atoms with E-state index < -0.39 is 0 Å². The van der Waals surface area contributed by atoms with Gasteiger partial charge in [-0.25, -0.2) is 0 Å². The number of hydrogen-bond donors (Lipinski definition) is 1. The van der Waals surface area contributed by atoms with Crippen molar-refractivity contribution in [1.82, 2.24) is 5.32 Å². The Labute approximate surface area is 199 Å². The van der Waals surface area contributed by atoms with E-state index in [1.54, 1.807) is 31.4 Å². The zero-order valence-corrected chi connectivity index (χ0v) is 20.2. The van der Waals surface area contributed by atoms with Gasteiger partial charge in [-0.15, -0.1) is 0 Å². The Morgan fingerprint density at radius 2 is 1.76 bits per heavy atom. The molecule has 0 atom stereocenters. The normalized spacial score (nSPS) is 14.1. The van der Waals surface area contributed by atoms with Crippen molar-refractivity contribution in [2.45, 2.75) is 52.0 Å². The first-order valence-corrected chi connectivity index (χ1v) is 11.6. The summed E-state index contributed by atoms with van der Waals surface area (Å²) in [6.07, 6.45) is 5.37. The Morgan fingerprint density at radius 1 is 1.03 bits per heavy atom. The monoisotopic (exact) mass is 465 g/mol. The van der Waals surface area contributed by atoms with E-state index in [0.717, 1.165) is 36.8 Å². The lowest BCUT2D eigenvalue weighted by atomic mass is 9.95. The number of carbonyl (C=O) groups excluding carboxylic acids is 1. The van der Waals surface area contributed by atoms with Crippen molar-refractivity contribution in [3.8, 4) is 28.6 Å². The average molecular weight is 466 g/mol. The van der Waals surface area contributed by atoms with E-state index in [0.29, 0.717) is 28.0 Å². The predicted molar refractivity (Wildman–Crippen MR) is 131 cm³/mol. The number of hydrogen-bond acceptors (Lipinski definition) is 6. The molecule has 7 nitrogen and oxygen atoms in total. The van der Waals surface area contributed by atoms with Crippen LogP contribution in [0.4, 0.5) is 0 Å². The van der Waals surface area contributed by atoms with Gasteiger partial charge in [0.25, 0.3) is 5.91 Å². The Kier molecular flexibility index (Phi) is 7.10. The highest BCUT2D eigenvalue weighted by Gasteiger charge is 2.22. The van der Waals surface area contributed by atoms with Gasteiger partial charge in [0.1, 0.15) is 5.58 Å². The summed E-state index contributed by atoms with van der Waals surface area (Å²) in [5, 5.41) is 3.44. The summed E-state index contributed by atoms with van der Waals surface area (Å²) in [5.74, 6) is 1.05. The lowest BCUT2D eigenvalue weighted by molar-refractivity contribution is -0.124. The van der Waals surface area contributed by atoms with Crippen molar-refractivity contribution in [3.63, 3.8) is 0 Å². The first kappa shape index (κ1) is 23.7. The molecule has 1 aliphatic rings. The largest absolute Gasteiger partial charge is 0.493 e. The molecule has 1 heterocycles. The van der Waals surface area contributed by atoms with Gasteiger partial charge in [-0.2, -0.15) is 0 Å². The lowest BCUT2D eigenvalue weighted by Crippen LogP contribution is -2.39. The number of aryl methyl sites for hydroxylation is 2. The van der Waals surface area contributed by atoms with Gasteiger partial charge in [-0.05, 0) is 62.1 Å². The SMILES string of the molecule is COc1ccc(-c2oc3c(C)cc(C)cc3c(=O)c2OCC(=O)NC2CCCCC2)cc1OC. The summed E-state index contributed by atoms with van der Waals surface area (Å²) in [7, 11) is 3.09. The maximum absolute atomic E-state index is 13.5. The Morgan fingerprint density at radius 3 is 2.47 bits per heavy atom. The molecule has 3 aromatic rings. The minimum absolute atomic E-state index is 0.00325. The number of nitrogens with one attached hydrogen (secondary N) is 1. The van der Waals surface area contributed by atoms with Crippen LogP contribution in [-0.4, -0.2) is 32.8 Å². The highest BCUT2D eigenvalue weighted by atomic mass is 16.5. The van der Waals surface area contributed by atoms with E-state index in [1.807, 2.05) is 19.9 Å². The van der Waals surface area contributed by atoms with Crippen LogP contribution in [-0.2, 0) is 4.79 Å². The van der Waals surface area contributed by atoms with Crippen LogP contribution in [0, 0.1) is 13.8 Å². The third-order valence-corrected chi connectivity index (χ3v) is 6.24. The van der Waals surface area contributed by atoms with Crippen molar-refractivity contribution < 1.29 is 23.4 Å². The van der Waals surface area contributed by atoms with Gasteiger partial charge in [0, 0.05) is 11.6 Å². The van der Waals surface area contributed by atoms with E-state index in [1.165, 1.54) is 13.5 Å². The minimum atomic E-state index is -0.316. The standard InChI is InChI=1S/C27H31NO6/c1-16-12-17(2)25-20(13-16)24(30)27(33-15-23(29)28-19-8-6-5-7-9-19)26(34-25)18-10-11-21(31-3)22(14-18)32-4/h10-14,19H,5-9,15H2,1-4H3,(H,28,29). The van der Waals surface area contributed by atoms with E-state index in [4.69, 9.17) is 18.6 Å². The molecule has 0 aliphatic heterocycles. The Hall–Kier alpha value is -3.48. The third-order valence-electron chi connectivity index (χ3n) is 6.24. The minimum Gasteiger partial charge on any atom is -0.493 e. The van der Waals surface area contributed by atoms with Crippen LogP contribution in [0.25, 0.3) is 22.3 Å². The summed E-state index contributed by atoms with van der Waals surface area (Å²) >= 11 is 0. The summed E-state index contributed by atoms with van der Waals surface area (Å²) in [6.45, 7) is 3.55. The van der Waals surface area contributed by atoms with Crippen LogP contribution >= 0.6 is 0 Å². The molecule has 4 rings (SSSR count). The molecule has 1 amide bonds. The molecule has 1 aliphatic carbocycles. The van der Waals surface area contributed by atoms with Gasteiger partial charge in [-0.1, -0.05) is 25.3 Å². The molecule has 1 saturated carbocycles. The van der Waals surface area contributed by atoms with E-state index >= 15 is 0 Å². The van der Waals surface area contributed by atoms with Gasteiger partial charge >= 0.3 is 0 Å². The topological polar surface area (TPSA) is 87.0 Å². The number of benzene rings is 2. The quantitative estimate of drug-likeness (QED) is 0.533. The fourth-order valence-corrected chi connectivity index (χ4v) is 4.58. The molecule has 1 N–H and O–H groups in total. The molecule has 0 unspecified atom stereocenters. The highest BCUT2D eigenvalue weighted by molar-refractivity contribution is 5.85. The van der Waals surface area contributed by atoms with Crippen LogP contribution < -0.4 is 25.0 Å². The van der Waals surface area contributed by atoms with Crippen molar-refractivity contribution in [3.05, 3.63) is 51.7 Å². The molecule has 0 radical (unpaired) electrons. The molecule has 0 bridgehead atoms. The second kappa shape index (κ2) is 10.2. The summed E-state index contributed by atoms with van der Waals surface area (Å²) in [4.78, 5) is 26.1. The number of fused-ring (bicyclic) bond motifs is 1. The molecule has 0 spiro atoms. The summed E-state index contributed by atoms with van der Waals surface area (Å²) in [6, 6.07) is 9.13. The average Bonchev–Trinajstić information content (AvgIpc) is 2.84. The van der Waals surface area contributed by atoms with Gasteiger partial charge in [-0.3, -0.25) is 9.59 Å². The smallest absolute Gasteiger partial charge is 0.258 e. The molecule has 7 heteroatoms. The molecule has 1 aromatic heterocycles. The maximum atomic E-state index is 13.5. The molecule has 0 saturated heterocycles. The lowest BCUT2D eigenvalue weighted by Gasteiger charge is -2.22. The van der Waals surface area contributed by atoms with Gasteiger partial charge in [0.05, 0.1) is 19.6 Å². The fraction of sp³-hybridized carbons (Fsp3) is 0.407. The maximum Gasteiger partial charge on any atom is 0.258 e. The van der Waals surface area contributed by atoms with Gasteiger partial charge in [0.15, 0.2) is 23.9 Å². The van der Waals surface area contributed by atoms with Crippen molar-refractivity contribution in [2.24, 2.45) is 0 Å². The second-order valence-electron chi connectivity index (χ2n) is 8.81. The zero-order valence-electron chi connectivity index (χ0n) is 20.2. The molecular formula is C27H31NO6. The molecule has 180 valence electrons.